The van der Waals surface area contributed by atoms with Crippen LogP contribution < -0.4 is 10.1 Å². The van der Waals surface area contributed by atoms with Gasteiger partial charge in [0.15, 0.2) is 12.4 Å². The minimum absolute atomic E-state index is 0.179. The summed E-state index contributed by atoms with van der Waals surface area (Å²) in [7, 11) is 0. The van der Waals surface area contributed by atoms with Crippen LogP contribution in [-0.4, -0.2) is 33.7 Å². The van der Waals surface area contributed by atoms with E-state index in [1.165, 1.54) is 12.1 Å². The fraction of sp³-hybridized carbons (Fsp3) is 0.333. The third-order valence-electron chi connectivity index (χ3n) is 2.93. The van der Waals surface area contributed by atoms with Gasteiger partial charge in [-0.3, -0.25) is 4.79 Å². The molecule has 1 aromatic heterocycles. The van der Waals surface area contributed by atoms with Gasteiger partial charge in [-0.1, -0.05) is 16.8 Å². The number of rotatable bonds is 8. The highest BCUT2D eigenvalue weighted by atomic mass is 35.5. The Hall–Kier alpha value is -2.61. The molecular weight excluding hydrogens is 338 g/mol. The van der Waals surface area contributed by atoms with Gasteiger partial charge in [-0.05, 0) is 31.5 Å². The number of halogens is 1. The number of anilines is 1. The molecule has 128 valence electrons. The summed E-state index contributed by atoms with van der Waals surface area (Å²) >= 11 is 5.99. The van der Waals surface area contributed by atoms with Crippen LogP contribution in [0.2, 0.25) is 5.02 Å². The van der Waals surface area contributed by atoms with Crippen LogP contribution >= 0.6 is 11.6 Å². The molecule has 0 radical (unpaired) electrons. The van der Waals surface area contributed by atoms with Crippen LogP contribution in [0.3, 0.4) is 0 Å². The number of nitrogens with zero attached hydrogens (tertiary/aromatic N) is 2. The van der Waals surface area contributed by atoms with Crippen molar-refractivity contribution in [3.63, 3.8) is 0 Å². The molecule has 0 atom stereocenters. The zero-order valence-electron chi connectivity index (χ0n) is 12.9. The molecule has 0 aliphatic carbocycles. The molecule has 0 saturated carbocycles. The SMILES string of the molecule is Cc1noc(CCCC(=O)Nc2ccc(OCC(=O)O)c(Cl)c2)n1. The van der Waals surface area contributed by atoms with E-state index in [-0.39, 0.29) is 23.1 Å². The van der Waals surface area contributed by atoms with E-state index >= 15 is 0 Å². The normalized spacial score (nSPS) is 10.4. The summed E-state index contributed by atoms with van der Waals surface area (Å²) in [5.74, 6) is 0.0304. The Morgan fingerprint density at radius 2 is 2.21 bits per heavy atom. The monoisotopic (exact) mass is 353 g/mol. The second-order valence-electron chi connectivity index (χ2n) is 4.96. The summed E-state index contributed by atoms with van der Waals surface area (Å²) in [6.07, 6.45) is 1.38. The fourth-order valence-corrected chi connectivity index (χ4v) is 2.14. The molecular formula is C15H16ClN3O5. The molecule has 1 heterocycles. The van der Waals surface area contributed by atoms with Crippen LogP contribution in [-0.2, 0) is 16.0 Å². The standard InChI is InChI=1S/C15H16ClN3O5/c1-9-17-14(24-19-9)4-2-3-13(20)18-10-5-6-12(11(16)7-10)23-8-15(21)22/h5-7H,2-4,8H2,1H3,(H,18,20)(H,21,22). The van der Waals surface area contributed by atoms with Crippen molar-refractivity contribution in [3.05, 3.63) is 34.9 Å². The van der Waals surface area contributed by atoms with Crippen molar-refractivity contribution >= 4 is 29.2 Å². The molecule has 1 amide bonds. The number of aromatic nitrogens is 2. The first kappa shape index (κ1) is 17.7. The molecule has 8 nitrogen and oxygen atoms in total. The first-order chi connectivity index (χ1) is 11.4. The van der Waals surface area contributed by atoms with Gasteiger partial charge in [0, 0.05) is 18.5 Å². The van der Waals surface area contributed by atoms with E-state index in [1.54, 1.807) is 13.0 Å². The lowest BCUT2D eigenvalue weighted by Crippen LogP contribution is -2.12. The Balaban J connectivity index is 1.80. The molecule has 2 N–H and O–H groups in total. The maximum Gasteiger partial charge on any atom is 0.341 e. The molecule has 0 spiro atoms. The minimum atomic E-state index is -1.10. The predicted octanol–water partition coefficient (Wildman–Crippen LogP) is 2.46. The molecule has 9 heteroatoms. The van der Waals surface area contributed by atoms with Crippen molar-refractivity contribution in [2.75, 3.05) is 11.9 Å². The molecule has 0 saturated heterocycles. The van der Waals surface area contributed by atoms with Gasteiger partial charge in [0.2, 0.25) is 11.8 Å². The lowest BCUT2D eigenvalue weighted by Gasteiger charge is -2.09. The Morgan fingerprint density at radius 3 is 2.83 bits per heavy atom. The molecule has 0 aliphatic rings. The summed E-state index contributed by atoms with van der Waals surface area (Å²) < 4.78 is 9.97. The number of nitrogens with one attached hydrogen (secondary N) is 1. The quantitative estimate of drug-likeness (QED) is 0.749. The van der Waals surface area contributed by atoms with Gasteiger partial charge >= 0.3 is 5.97 Å². The number of hydrogen-bond donors (Lipinski definition) is 2. The van der Waals surface area contributed by atoms with Gasteiger partial charge < -0.3 is 19.7 Å². The first-order valence-corrected chi connectivity index (χ1v) is 7.55. The molecule has 2 aromatic rings. The second kappa shape index (κ2) is 8.30. The number of aliphatic carboxylic acids is 1. The van der Waals surface area contributed by atoms with E-state index in [1.807, 2.05) is 0 Å². The van der Waals surface area contributed by atoms with Crippen LogP contribution in [0, 0.1) is 6.92 Å². The van der Waals surface area contributed by atoms with Gasteiger partial charge in [0.25, 0.3) is 0 Å². The van der Waals surface area contributed by atoms with Crippen LogP contribution in [0.4, 0.5) is 5.69 Å². The van der Waals surface area contributed by atoms with Gasteiger partial charge in [0.05, 0.1) is 5.02 Å². The van der Waals surface area contributed by atoms with Crippen molar-refractivity contribution in [2.45, 2.75) is 26.2 Å². The Bertz CT molecular complexity index is 732. The van der Waals surface area contributed by atoms with E-state index in [9.17, 15) is 9.59 Å². The molecule has 0 fully saturated rings. The number of carbonyl (C=O) groups excluding carboxylic acids is 1. The Kier molecular flexibility index (Phi) is 6.14. The zero-order valence-corrected chi connectivity index (χ0v) is 13.7. The Morgan fingerprint density at radius 1 is 1.42 bits per heavy atom. The summed E-state index contributed by atoms with van der Waals surface area (Å²) in [5, 5.41) is 15.2. The molecule has 0 bridgehead atoms. The van der Waals surface area contributed by atoms with Gasteiger partial charge in [-0.15, -0.1) is 0 Å². The smallest absolute Gasteiger partial charge is 0.341 e. The molecule has 1 aromatic carbocycles. The summed E-state index contributed by atoms with van der Waals surface area (Å²) in [6.45, 7) is 1.24. The summed E-state index contributed by atoms with van der Waals surface area (Å²) in [4.78, 5) is 26.4. The van der Waals surface area contributed by atoms with E-state index in [4.69, 9.17) is 26.0 Å². The number of aryl methyl sites for hydroxylation is 2. The summed E-state index contributed by atoms with van der Waals surface area (Å²) in [5.41, 5.74) is 0.501. The van der Waals surface area contributed by atoms with Crippen molar-refractivity contribution < 1.29 is 24.0 Å². The minimum Gasteiger partial charge on any atom is -0.480 e. The van der Waals surface area contributed by atoms with Gasteiger partial charge in [0.1, 0.15) is 5.75 Å². The predicted molar refractivity (Wildman–Crippen MR) is 85.2 cm³/mol. The van der Waals surface area contributed by atoms with Crippen LogP contribution in [0.1, 0.15) is 24.6 Å². The highest BCUT2D eigenvalue weighted by Gasteiger charge is 2.09. The number of hydrogen-bond acceptors (Lipinski definition) is 6. The number of carbonyl (C=O) groups is 2. The van der Waals surface area contributed by atoms with E-state index in [0.717, 1.165) is 0 Å². The average Bonchev–Trinajstić information content (AvgIpc) is 2.91. The second-order valence-corrected chi connectivity index (χ2v) is 5.37. The van der Waals surface area contributed by atoms with E-state index in [2.05, 4.69) is 15.5 Å². The van der Waals surface area contributed by atoms with Gasteiger partial charge in [-0.25, -0.2) is 4.79 Å². The maximum atomic E-state index is 11.9. The van der Waals surface area contributed by atoms with Crippen LogP contribution in [0.5, 0.6) is 5.75 Å². The molecule has 24 heavy (non-hydrogen) atoms. The van der Waals surface area contributed by atoms with Crippen LogP contribution in [0.25, 0.3) is 0 Å². The number of ether oxygens (including phenoxy) is 1. The number of amides is 1. The summed E-state index contributed by atoms with van der Waals surface area (Å²) in [6, 6.07) is 4.59. The largest absolute Gasteiger partial charge is 0.480 e. The number of carboxylic acids is 1. The highest BCUT2D eigenvalue weighted by Crippen LogP contribution is 2.27. The van der Waals surface area contributed by atoms with Crippen molar-refractivity contribution in [3.8, 4) is 5.75 Å². The van der Waals surface area contributed by atoms with Crippen molar-refractivity contribution in [2.24, 2.45) is 0 Å². The van der Waals surface area contributed by atoms with Crippen molar-refractivity contribution in [1.82, 2.24) is 10.1 Å². The van der Waals surface area contributed by atoms with Crippen molar-refractivity contribution in [1.29, 1.82) is 0 Å². The number of benzene rings is 1. The van der Waals surface area contributed by atoms with Crippen LogP contribution in [0.15, 0.2) is 22.7 Å². The lowest BCUT2D eigenvalue weighted by molar-refractivity contribution is -0.139. The van der Waals surface area contributed by atoms with E-state index in [0.29, 0.717) is 30.2 Å². The first-order valence-electron chi connectivity index (χ1n) is 7.17. The molecule has 0 unspecified atom stereocenters. The molecule has 0 aliphatic heterocycles. The average molecular weight is 354 g/mol. The van der Waals surface area contributed by atoms with E-state index < -0.39 is 12.6 Å². The highest BCUT2D eigenvalue weighted by molar-refractivity contribution is 6.32. The fourth-order valence-electron chi connectivity index (χ4n) is 1.90. The third-order valence-corrected chi connectivity index (χ3v) is 3.23. The third kappa shape index (κ3) is 5.54. The molecule has 2 rings (SSSR count). The lowest BCUT2D eigenvalue weighted by atomic mass is 10.2. The zero-order chi connectivity index (χ0) is 17.5. The van der Waals surface area contributed by atoms with Gasteiger partial charge in [-0.2, -0.15) is 4.98 Å². The number of carboxylic acid groups (broad SMARTS) is 1. The Labute approximate surface area is 142 Å². The maximum absolute atomic E-state index is 11.9. The topological polar surface area (TPSA) is 115 Å².